The zero-order chi connectivity index (χ0) is 11.4. The van der Waals surface area contributed by atoms with Crippen LogP contribution in [-0.2, 0) is 0 Å². The van der Waals surface area contributed by atoms with Crippen molar-refractivity contribution in [3.63, 3.8) is 0 Å². The van der Waals surface area contributed by atoms with Gasteiger partial charge in [-0.15, -0.1) is 0 Å². The van der Waals surface area contributed by atoms with E-state index in [0.717, 1.165) is 25.8 Å². The molecule has 0 atom stereocenters. The lowest BCUT2D eigenvalue weighted by Crippen LogP contribution is -2.45. The first kappa shape index (κ1) is 11.2. The third-order valence-corrected chi connectivity index (χ3v) is 3.11. The molecule has 1 heterocycles. The molecule has 1 aromatic rings. The topological polar surface area (TPSA) is 59.5 Å². The molecule has 0 unspecified atom stereocenters. The summed E-state index contributed by atoms with van der Waals surface area (Å²) in [7, 11) is 0. The minimum Gasteiger partial charge on any atom is -0.459 e. The van der Waals surface area contributed by atoms with Gasteiger partial charge in [0.2, 0.25) is 0 Å². The minimum absolute atomic E-state index is 0.00292. The van der Waals surface area contributed by atoms with Gasteiger partial charge in [-0.25, -0.2) is 0 Å². The van der Waals surface area contributed by atoms with Gasteiger partial charge in [-0.2, -0.15) is 0 Å². The van der Waals surface area contributed by atoms with Crippen molar-refractivity contribution in [2.75, 3.05) is 13.1 Å². The third kappa shape index (κ3) is 2.27. The molecule has 0 aliphatic heterocycles. The normalized spacial score (nSPS) is 15.8. The van der Waals surface area contributed by atoms with Crippen LogP contribution < -0.4 is 5.73 Å². The van der Waals surface area contributed by atoms with Crippen molar-refractivity contribution >= 4 is 5.91 Å². The van der Waals surface area contributed by atoms with E-state index in [1.807, 2.05) is 4.90 Å². The number of nitrogens with zero attached hydrogens (tertiary/aromatic N) is 1. The molecule has 0 bridgehead atoms. The highest BCUT2D eigenvalue weighted by molar-refractivity contribution is 5.91. The van der Waals surface area contributed by atoms with E-state index in [1.165, 1.54) is 12.7 Å². The highest BCUT2D eigenvalue weighted by atomic mass is 16.3. The molecule has 2 N–H and O–H groups in total. The fourth-order valence-electron chi connectivity index (χ4n) is 1.95. The van der Waals surface area contributed by atoms with Gasteiger partial charge < -0.3 is 15.1 Å². The Hall–Kier alpha value is -1.29. The molecule has 0 radical (unpaired) electrons. The van der Waals surface area contributed by atoms with Crippen LogP contribution in [0.15, 0.2) is 22.8 Å². The molecule has 1 fully saturated rings. The average Bonchev–Trinajstić information content (AvgIpc) is 2.73. The Kier molecular flexibility index (Phi) is 3.62. The maximum Gasteiger partial charge on any atom is 0.289 e. The van der Waals surface area contributed by atoms with Crippen LogP contribution in [0.3, 0.4) is 0 Å². The Morgan fingerprint density at radius 3 is 2.88 bits per heavy atom. The molecule has 1 amide bonds. The first-order chi connectivity index (χ1) is 7.83. The van der Waals surface area contributed by atoms with E-state index in [-0.39, 0.29) is 5.91 Å². The summed E-state index contributed by atoms with van der Waals surface area (Å²) in [5.74, 6) is 0.437. The molecule has 16 heavy (non-hydrogen) atoms. The summed E-state index contributed by atoms with van der Waals surface area (Å²) in [5.41, 5.74) is 5.49. The van der Waals surface area contributed by atoms with E-state index >= 15 is 0 Å². The predicted molar refractivity (Wildman–Crippen MR) is 61.1 cm³/mol. The minimum atomic E-state index is 0.00292. The van der Waals surface area contributed by atoms with Gasteiger partial charge >= 0.3 is 0 Å². The van der Waals surface area contributed by atoms with E-state index in [1.54, 1.807) is 12.1 Å². The van der Waals surface area contributed by atoms with Crippen LogP contribution in [0, 0.1) is 0 Å². The lowest BCUT2D eigenvalue weighted by atomic mass is 9.91. The molecule has 0 saturated heterocycles. The van der Waals surface area contributed by atoms with Crippen LogP contribution in [0.4, 0.5) is 0 Å². The number of carbonyl (C=O) groups is 1. The molecule has 2 rings (SSSR count). The van der Waals surface area contributed by atoms with Gasteiger partial charge in [0.05, 0.1) is 6.26 Å². The first-order valence-electron chi connectivity index (χ1n) is 5.87. The van der Waals surface area contributed by atoms with Crippen LogP contribution >= 0.6 is 0 Å². The van der Waals surface area contributed by atoms with Gasteiger partial charge in [0.15, 0.2) is 5.76 Å². The molecule has 88 valence electrons. The summed E-state index contributed by atoms with van der Waals surface area (Å²) < 4.78 is 5.15. The molecule has 0 aromatic carbocycles. The van der Waals surface area contributed by atoms with Gasteiger partial charge in [0.1, 0.15) is 0 Å². The van der Waals surface area contributed by atoms with Gasteiger partial charge in [-0.3, -0.25) is 4.79 Å². The van der Waals surface area contributed by atoms with Gasteiger partial charge in [-0.1, -0.05) is 0 Å². The Labute approximate surface area is 95.4 Å². The molecule has 1 aliphatic carbocycles. The second-order valence-electron chi connectivity index (χ2n) is 4.20. The third-order valence-electron chi connectivity index (χ3n) is 3.11. The number of furan rings is 1. The average molecular weight is 222 g/mol. The number of amides is 1. The second-order valence-corrected chi connectivity index (χ2v) is 4.20. The summed E-state index contributed by atoms with van der Waals surface area (Å²) in [6, 6.07) is 3.86. The van der Waals surface area contributed by atoms with Crippen molar-refractivity contribution < 1.29 is 9.21 Å². The van der Waals surface area contributed by atoms with Gasteiger partial charge in [-0.05, 0) is 44.4 Å². The molecule has 4 heteroatoms. The van der Waals surface area contributed by atoms with Crippen LogP contribution in [0.25, 0.3) is 0 Å². The smallest absolute Gasteiger partial charge is 0.289 e. The molecular weight excluding hydrogens is 204 g/mol. The lowest BCUT2D eigenvalue weighted by Gasteiger charge is -2.37. The maximum atomic E-state index is 12.1. The number of nitrogens with two attached hydrogens (primary N) is 1. The summed E-state index contributed by atoms with van der Waals surface area (Å²) in [4.78, 5) is 14.0. The van der Waals surface area contributed by atoms with E-state index in [0.29, 0.717) is 18.3 Å². The molecule has 4 nitrogen and oxygen atoms in total. The Bertz CT molecular complexity index is 331. The van der Waals surface area contributed by atoms with Crippen LogP contribution in [-0.4, -0.2) is 29.9 Å². The van der Waals surface area contributed by atoms with Crippen LogP contribution in [0.1, 0.15) is 36.2 Å². The maximum absolute atomic E-state index is 12.1. The summed E-state index contributed by atoms with van der Waals surface area (Å²) in [5, 5.41) is 0. The fraction of sp³-hybridized carbons (Fsp3) is 0.583. The summed E-state index contributed by atoms with van der Waals surface area (Å²) in [6.45, 7) is 1.36. The standard InChI is InChI=1S/C12H18N2O2/c13-7-3-8-14(10-4-1-5-10)12(15)11-6-2-9-16-11/h2,6,9-10H,1,3-5,7-8,13H2. The number of hydrogen-bond donors (Lipinski definition) is 1. The number of rotatable bonds is 5. The van der Waals surface area contributed by atoms with Crippen molar-refractivity contribution in [1.82, 2.24) is 4.90 Å². The van der Waals surface area contributed by atoms with E-state index in [2.05, 4.69) is 0 Å². The van der Waals surface area contributed by atoms with Crippen molar-refractivity contribution in [1.29, 1.82) is 0 Å². The highest BCUT2D eigenvalue weighted by Gasteiger charge is 2.29. The van der Waals surface area contributed by atoms with E-state index in [4.69, 9.17) is 10.2 Å². The molecule has 1 aromatic heterocycles. The monoisotopic (exact) mass is 222 g/mol. The fourth-order valence-corrected chi connectivity index (χ4v) is 1.95. The van der Waals surface area contributed by atoms with Gasteiger partial charge in [0, 0.05) is 12.6 Å². The molecule has 0 spiro atoms. The Morgan fingerprint density at radius 2 is 2.38 bits per heavy atom. The lowest BCUT2D eigenvalue weighted by molar-refractivity contribution is 0.0546. The van der Waals surface area contributed by atoms with Crippen LogP contribution in [0.5, 0.6) is 0 Å². The van der Waals surface area contributed by atoms with Crippen molar-refractivity contribution in [3.8, 4) is 0 Å². The zero-order valence-electron chi connectivity index (χ0n) is 9.39. The van der Waals surface area contributed by atoms with Crippen molar-refractivity contribution in [2.45, 2.75) is 31.7 Å². The largest absolute Gasteiger partial charge is 0.459 e. The van der Waals surface area contributed by atoms with Crippen molar-refractivity contribution in [2.24, 2.45) is 5.73 Å². The first-order valence-corrected chi connectivity index (χ1v) is 5.87. The van der Waals surface area contributed by atoms with Crippen LogP contribution in [0.2, 0.25) is 0 Å². The summed E-state index contributed by atoms with van der Waals surface area (Å²) >= 11 is 0. The highest BCUT2D eigenvalue weighted by Crippen LogP contribution is 2.26. The number of hydrogen-bond acceptors (Lipinski definition) is 3. The zero-order valence-corrected chi connectivity index (χ0v) is 9.39. The van der Waals surface area contributed by atoms with E-state index in [9.17, 15) is 4.79 Å². The Morgan fingerprint density at radius 1 is 1.56 bits per heavy atom. The van der Waals surface area contributed by atoms with E-state index < -0.39 is 0 Å². The SMILES string of the molecule is NCCCN(C(=O)c1ccco1)C1CCC1. The second kappa shape index (κ2) is 5.16. The Balaban J connectivity index is 2.02. The molecule has 1 aliphatic rings. The molecular formula is C12H18N2O2. The van der Waals surface area contributed by atoms with Crippen molar-refractivity contribution in [3.05, 3.63) is 24.2 Å². The number of carbonyl (C=O) groups excluding carboxylic acids is 1. The summed E-state index contributed by atoms with van der Waals surface area (Å²) in [6.07, 6.45) is 5.82. The molecule has 1 saturated carbocycles. The predicted octanol–water partition coefficient (Wildman–Crippen LogP) is 1.62. The van der Waals surface area contributed by atoms with Gasteiger partial charge in [0.25, 0.3) is 5.91 Å². The quantitative estimate of drug-likeness (QED) is 0.823.